The van der Waals surface area contributed by atoms with Crippen molar-refractivity contribution in [2.24, 2.45) is 5.92 Å². The van der Waals surface area contributed by atoms with Crippen molar-refractivity contribution in [3.63, 3.8) is 0 Å². The zero-order valence-corrected chi connectivity index (χ0v) is 14.5. The Morgan fingerprint density at radius 3 is 2.96 bits per heavy atom. The molecule has 0 amide bonds. The number of anilines is 1. The summed E-state index contributed by atoms with van der Waals surface area (Å²) in [5, 5.41) is 3.68. The molecule has 4 atom stereocenters. The second kappa shape index (κ2) is 4.60. The van der Waals surface area contributed by atoms with E-state index in [4.69, 9.17) is 0 Å². The van der Waals surface area contributed by atoms with Gasteiger partial charge in [0.05, 0.1) is 18.5 Å². The molecule has 1 spiro atoms. The van der Waals surface area contributed by atoms with Crippen LogP contribution in [0.25, 0.3) is 0 Å². The fraction of sp³-hybridized carbons (Fsp3) is 0.476. The van der Waals surface area contributed by atoms with Gasteiger partial charge in [0.2, 0.25) is 0 Å². The van der Waals surface area contributed by atoms with E-state index >= 15 is 0 Å². The Balaban J connectivity index is 1.84. The van der Waals surface area contributed by atoms with Crippen LogP contribution < -0.4 is 5.32 Å². The summed E-state index contributed by atoms with van der Waals surface area (Å²) in [4.78, 5) is 12.1. The third kappa shape index (κ3) is 1.42. The fourth-order valence-electron chi connectivity index (χ4n) is 6.37. The number of allylic oxidation sites excluding steroid dienone is 2. The van der Waals surface area contributed by atoms with Crippen molar-refractivity contribution in [3.8, 4) is 0 Å². The van der Waals surface area contributed by atoms with Gasteiger partial charge < -0.3 is 9.80 Å². The second-order valence-corrected chi connectivity index (χ2v) is 7.92. The standard InChI is InChI=1S/C21H24N2O/c1-3-14-12-23(4-2)10-9-21-17-7-5-6-8-18(17)22-20(21)16(13-24)15(14)11-19(21)23/h3,5-8,13,15,19H,4,9-12H2,1-2H3/p+1. The fourth-order valence-corrected chi connectivity index (χ4v) is 6.37. The molecule has 1 aliphatic carbocycles. The van der Waals surface area contributed by atoms with E-state index in [1.54, 1.807) is 0 Å². The number of nitrogens with zero attached hydrogens (tertiary/aromatic N) is 1. The number of quaternary nitrogens is 1. The first-order valence-corrected chi connectivity index (χ1v) is 9.27. The van der Waals surface area contributed by atoms with Crippen molar-refractivity contribution in [1.82, 2.24) is 0 Å². The van der Waals surface area contributed by atoms with E-state index in [0.717, 1.165) is 31.2 Å². The number of fused-ring (bicyclic) bond motifs is 2. The molecule has 0 saturated carbocycles. The molecule has 5 rings (SSSR count). The summed E-state index contributed by atoms with van der Waals surface area (Å²) in [5.74, 6) is 0.318. The predicted molar refractivity (Wildman–Crippen MR) is 95.6 cm³/mol. The highest BCUT2D eigenvalue weighted by Crippen LogP contribution is 2.63. The van der Waals surface area contributed by atoms with E-state index in [9.17, 15) is 4.79 Å². The highest BCUT2D eigenvalue weighted by Gasteiger charge is 2.67. The Labute approximate surface area is 143 Å². The van der Waals surface area contributed by atoms with Gasteiger partial charge in [-0.3, -0.25) is 4.79 Å². The lowest BCUT2D eigenvalue weighted by molar-refractivity contribution is -0.940. The summed E-state index contributed by atoms with van der Waals surface area (Å²) in [5.41, 5.74) is 6.41. The van der Waals surface area contributed by atoms with Crippen molar-refractivity contribution in [3.05, 3.63) is 52.7 Å². The van der Waals surface area contributed by atoms with E-state index in [1.165, 1.54) is 40.1 Å². The quantitative estimate of drug-likeness (QED) is 0.514. The molecule has 0 radical (unpaired) electrons. The molecule has 0 aromatic heterocycles. The van der Waals surface area contributed by atoms with Gasteiger partial charge in [-0.1, -0.05) is 24.3 Å². The average Bonchev–Trinajstić information content (AvgIpc) is 3.15. The van der Waals surface area contributed by atoms with E-state index in [2.05, 4.69) is 49.5 Å². The molecular formula is C21H25N2O+. The SMILES string of the molecule is CC=C1C[N+]2(CC)CCC34C(=C(C=O)C1CC32)Nc1ccccc14. The van der Waals surface area contributed by atoms with Gasteiger partial charge >= 0.3 is 0 Å². The largest absolute Gasteiger partial charge is 0.357 e. The van der Waals surface area contributed by atoms with Crippen LogP contribution in [0.2, 0.25) is 0 Å². The maximum atomic E-state index is 12.1. The lowest BCUT2D eigenvalue weighted by atomic mass is 9.61. The van der Waals surface area contributed by atoms with Gasteiger partial charge in [0.1, 0.15) is 18.9 Å². The van der Waals surface area contributed by atoms with Gasteiger partial charge in [-0.05, 0) is 31.1 Å². The Hall–Kier alpha value is -1.87. The lowest BCUT2D eigenvalue weighted by Gasteiger charge is -2.53. The number of carbonyl (C=O) groups is 1. The summed E-state index contributed by atoms with van der Waals surface area (Å²) in [6.07, 6.45) is 5.70. The molecule has 3 heterocycles. The third-order valence-electron chi connectivity index (χ3n) is 7.49. The monoisotopic (exact) mass is 321 g/mol. The van der Waals surface area contributed by atoms with Crippen LogP contribution in [0.5, 0.6) is 0 Å². The Morgan fingerprint density at radius 2 is 2.21 bits per heavy atom. The van der Waals surface area contributed by atoms with E-state index in [1.807, 2.05) is 0 Å². The smallest absolute Gasteiger partial charge is 0.148 e. The van der Waals surface area contributed by atoms with Crippen LogP contribution in [0.1, 0.15) is 32.3 Å². The number of carbonyl (C=O) groups excluding carboxylic acids is 1. The molecule has 3 heteroatoms. The highest BCUT2D eigenvalue weighted by molar-refractivity contribution is 5.84. The minimum absolute atomic E-state index is 0.0403. The van der Waals surface area contributed by atoms with Crippen LogP contribution in [-0.4, -0.2) is 36.4 Å². The minimum atomic E-state index is 0.0403. The summed E-state index contributed by atoms with van der Waals surface area (Å²) in [6, 6.07) is 9.33. The maximum absolute atomic E-state index is 12.1. The van der Waals surface area contributed by atoms with Crippen LogP contribution in [0.15, 0.2) is 47.2 Å². The molecule has 24 heavy (non-hydrogen) atoms. The first-order chi connectivity index (χ1) is 11.7. The van der Waals surface area contributed by atoms with Crippen LogP contribution >= 0.6 is 0 Å². The number of hydrogen-bond donors (Lipinski definition) is 1. The van der Waals surface area contributed by atoms with Gasteiger partial charge in [-0.2, -0.15) is 0 Å². The Kier molecular flexibility index (Phi) is 2.78. The summed E-state index contributed by atoms with van der Waals surface area (Å²) in [6.45, 7) is 8.01. The molecule has 1 N–H and O–H groups in total. The average molecular weight is 321 g/mol. The molecule has 2 bridgehead atoms. The molecule has 1 aromatic carbocycles. The van der Waals surface area contributed by atoms with Crippen LogP contribution in [0, 0.1) is 5.92 Å². The summed E-state index contributed by atoms with van der Waals surface area (Å²) >= 11 is 0. The number of benzene rings is 1. The number of piperidine rings is 1. The molecular weight excluding hydrogens is 296 g/mol. The van der Waals surface area contributed by atoms with Crippen molar-refractivity contribution in [1.29, 1.82) is 0 Å². The maximum Gasteiger partial charge on any atom is 0.148 e. The number of hydrogen-bond acceptors (Lipinski definition) is 2. The summed E-state index contributed by atoms with van der Waals surface area (Å²) < 4.78 is 1.20. The number of rotatable bonds is 2. The first kappa shape index (κ1) is 14.5. The molecule has 4 unspecified atom stereocenters. The number of para-hydroxylation sites is 1. The zero-order chi connectivity index (χ0) is 16.5. The van der Waals surface area contributed by atoms with Gasteiger partial charge in [0.15, 0.2) is 0 Å². The van der Waals surface area contributed by atoms with E-state index in [-0.39, 0.29) is 5.41 Å². The Bertz CT molecular complexity index is 808. The highest BCUT2D eigenvalue weighted by atomic mass is 16.1. The van der Waals surface area contributed by atoms with Gasteiger partial charge in [-0.15, -0.1) is 0 Å². The Morgan fingerprint density at radius 1 is 1.38 bits per heavy atom. The molecule has 4 aliphatic rings. The van der Waals surface area contributed by atoms with Gasteiger partial charge in [-0.25, -0.2) is 0 Å². The zero-order valence-electron chi connectivity index (χ0n) is 14.5. The lowest BCUT2D eigenvalue weighted by Crippen LogP contribution is -2.63. The molecule has 3 aliphatic heterocycles. The third-order valence-corrected chi connectivity index (χ3v) is 7.49. The number of nitrogens with one attached hydrogen (secondary N) is 1. The van der Waals surface area contributed by atoms with Gasteiger partial charge in [0, 0.05) is 35.7 Å². The predicted octanol–water partition coefficient (Wildman–Crippen LogP) is 3.39. The minimum Gasteiger partial charge on any atom is -0.357 e. The van der Waals surface area contributed by atoms with Gasteiger partial charge in [0.25, 0.3) is 0 Å². The second-order valence-electron chi connectivity index (χ2n) is 7.92. The van der Waals surface area contributed by atoms with Crippen LogP contribution in [0.3, 0.4) is 0 Å². The molecule has 1 aromatic rings. The first-order valence-electron chi connectivity index (χ1n) is 9.27. The van der Waals surface area contributed by atoms with E-state index < -0.39 is 0 Å². The topological polar surface area (TPSA) is 29.1 Å². The number of aldehydes is 1. The van der Waals surface area contributed by atoms with Crippen molar-refractivity contribution in [2.45, 2.75) is 38.1 Å². The van der Waals surface area contributed by atoms with Crippen molar-refractivity contribution in [2.75, 3.05) is 25.0 Å². The normalized spacial score (nSPS) is 40.3. The van der Waals surface area contributed by atoms with Crippen molar-refractivity contribution >= 4 is 12.0 Å². The molecule has 124 valence electrons. The molecule has 2 saturated heterocycles. The number of likely N-dealkylation sites (N-methyl/N-ethyl adjacent to an activating group) is 1. The van der Waals surface area contributed by atoms with Crippen LogP contribution in [-0.2, 0) is 10.2 Å². The molecule has 3 nitrogen and oxygen atoms in total. The van der Waals surface area contributed by atoms with E-state index in [0.29, 0.717) is 12.0 Å². The van der Waals surface area contributed by atoms with Crippen LogP contribution in [0.4, 0.5) is 5.69 Å². The molecule has 2 fully saturated rings. The van der Waals surface area contributed by atoms with Crippen molar-refractivity contribution < 1.29 is 9.28 Å². The summed E-state index contributed by atoms with van der Waals surface area (Å²) in [7, 11) is 0.